The predicted molar refractivity (Wildman–Crippen MR) is 128 cm³/mol. The van der Waals surface area contributed by atoms with Crippen molar-refractivity contribution in [2.75, 3.05) is 49.1 Å². The first kappa shape index (κ1) is 23.7. The third-order valence-electron chi connectivity index (χ3n) is 6.61. The van der Waals surface area contributed by atoms with Gasteiger partial charge in [0.1, 0.15) is 12.1 Å². The summed E-state index contributed by atoms with van der Waals surface area (Å²) in [6.07, 6.45) is 5.25. The summed E-state index contributed by atoms with van der Waals surface area (Å²) in [6.45, 7) is 3.32. The van der Waals surface area contributed by atoms with Gasteiger partial charge in [0.25, 0.3) is 11.6 Å². The van der Waals surface area contributed by atoms with E-state index in [1.807, 2.05) is 4.90 Å². The molecule has 0 aliphatic carbocycles. The van der Waals surface area contributed by atoms with Crippen LogP contribution in [0.5, 0.6) is 0 Å². The lowest BCUT2D eigenvalue weighted by molar-refractivity contribution is -0.384. The van der Waals surface area contributed by atoms with E-state index in [0.717, 1.165) is 50.7 Å². The van der Waals surface area contributed by atoms with Crippen LogP contribution in [-0.2, 0) is 11.2 Å². The average Bonchev–Trinajstić information content (AvgIpc) is 3.13. The Hall–Kier alpha value is -3.49. The zero-order valence-electron chi connectivity index (χ0n) is 19.1. The second-order valence-electron chi connectivity index (χ2n) is 8.80. The quantitative estimate of drug-likeness (QED) is 0.364. The van der Waals surface area contributed by atoms with Crippen molar-refractivity contribution in [1.29, 1.82) is 0 Å². The van der Waals surface area contributed by atoms with Crippen LogP contribution in [0.25, 0.3) is 0 Å². The van der Waals surface area contributed by atoms with Crippen LogP contribution < -0.4 is 9.80 Å². The maximum Gasteiger partial charge on any atom is 0.270 e. The minimum Gasteiger partial charge on any atom is -0.371 e. The highest BCUT2D eigenvalue weighted by atomic mass is 19.1. The molecule has 2 aliphatic rings. The van der Waals surface area contributed by atoms with Crippen LogP contribution in [0.15, 0.2) is 36.4 Å². The van der Waals surface area contributed by atoms with Gasteiger partial charge in [0.05, 0.1) is 21.9 Å². The average molecular weight is 469 g/mol. The number of rotatable bonds is 6. The molecule has 2 heterocycles. The molecule has 0 saturated carbocycles. The van der Waals surface area contributed by atoms with E-state index in [2.05, 4.69) is 4.90 Å². The third kappa shape index (κ3) is 5.18. The molecule has 34 heavy (non-hydrogen) atoms. The Morgan fingerprint density at radius 1 is 0.912 bits per heavy atom. The van der Waals surface area contributed by atoms with Gasteiger partial charge in [-0.05, 0) is 36.6 Å². The Bertz CT molecular complexity index is 1060. The van der Waals surface area contributed by atoms with E-state index in [0.29, 0.717) is 43.0 Å². The smallest absolute Gasteiger partial charge is 0.270 e. The summed E-state index contributed by atoms with van der Waals surface area (Å²) in [5, 5.41) is 11.4. The maximum atomic E-state index is 14.6. The molecule has 2 fully saturated rings. The van der Waals surface area contributed by atoms with Gasteiger partial charge in [-0.2, -0.15) is 0 Å². The normalized spacial score (nSPS) is 16.8. The van der Waals surface area contributed by atoms with Gasteiger partial charge in [0, 0.05) is 57.8 Å². The van der Waals surface area contributed by atoms with Crippen molar-refractivity contribution in [1.82, 2.24) is 4.90 Å². The summed E-state index contributed by atoms with van der Waals surface area (Å²) in [6, 6.07) is 9.33. The Balaban J connectivity index is 1.51. The monoisotopic (exact) mass is 468 g/mol. The zero-order valence-corrected chi connectivity index (χ0v) is 19.1. The van der Waals surface area contributed by atoms with Gasteiger partial charge in [0.15, 0.2) is 0 Å². The molecular formula is C25H29FN4O4. The molecule has 0 bridgehead atoms. The van der Waals surface area contributed by atoms with Crippen LogP contribution in [0.2, 0.25) is 0 Å². The first-order valence-corrected chi connectivity index (χ1v) is 11.8. The number of aldehydes is 1. The fourth-order valence-corrected chi connectivity index (χ4v) is 4.75. The number of anilines is 2. The van der Waals surface area contributed by atoms with E-state index >= 15 is 0 Å². The molecule has 0 aromatic heterocycles. The lowest BCUT2D eigenvalue weighted by atomic mass is 10.1. The van der Waals surface area contributed by atoms with E-state index < -0.39 is 4.92 Å². The van der Waals surface area contributed by atoms with Gasteiger partial charge < -0.3 is 19.5 Å². The summed E-state index contributed by atoms with van der Waals surface area (Å²) in [5.41, 5.74) is 2.07. The Labute approximate surface area is 198 Å². The number of piperazine rings is 1. The lowest BCUT2D eigenvalue weighted by Gasteiger charge is -2.37. The second-order valence-corrected chi connectivity index (χ2v) is 8.80. The summed E-state index contributed by atoms with van der Waals surface area (Å²) >= 11 is 0. The minimum absolute atomic E-state index is 0.0990. The predicted octanol–water partition coefficient (Wildman–Crippen LogP) is 3.82. The van der Waals surface area contributed by atoms with E-state index in [1.165, 1.54) is 18.2 Å². The minimum atomic E-state index is -0.474. The highest BCUT2D eigenvalue weighted by Gasteiger charge is 2.28. The number of nitrogens with zero attached hydrogens (tertiary/aromatic N) is 4. The van der Waals surface area contributed by atoms with Crippen LogP contribution in [-0.4, -0.2) is 61.3 Å². The van der Waals surface area contributed by atoms with Crippen molar-refractivity contribution in [3.8, 4) is 0 Å². The number of hydrogen-bond donors (Lipinski definition) is 0. The van der Waals surface area contributed by atoms with Gasteiger partial charge in [-0.25, -0.2) is 4.39 Å². The summed E-state index contributed by atoms with van der Waals surface area (Å²) < 4.78 is 14.6. The number of halogens is 1. The van der Waals surface area contributed by atoms with E-state index in [1.54, 1.807) is 23.1 Å². The number of carbonyl (C=O) groups excluding carboxylic acids is 2. The lowest BCUT2D eigenvalue weighted by Crippen LogP contribution is -2.49. The van der Waals surface area contributed by atoms with E-state index in [-0.39, 0.29) is 23.8 Å². The third-order valence-corrected chi connectivity index (χ3v) is 6.61. The van der Waals surface area contributed by atoms with Gasteiger partial charge in [-0.1, -0.05) is 18.9 Å². The molecule has 2 saturated heterocycles. The molecule has 2 aromatic rings. The van der Waals surface area contributed by atoms with Crippen LogP contribution in [0, 0.1) is 15.9 Å². The number of hydrogen-bond acceptors (Lipinski definition) is 6. The highest BCUT2D eigenvalue weighted by molar-refractivity contribution is 6.00. The van der Waals surface area contributed by atoms with Crippen molar-refractivity contribution in [2.24, 2.45) is 0 Å². The number of non-ortho nitro benzene ring substituents is 1. The van der Waals surface area contributed by atoms with E-state index in [4.69, 9.17) is 0 Å². The molecule has 4 rings (SSSR count). The fraction of sp³-hybridized carbons (Fsp3) is 0.440. The van der Waals surface area contributed by atoms with Gasteiger partial charge in [-0.15, -0.1) is 0 Å². The Morgan fingerprint density at radius 2 is 1.56 bits per heavy atom. The molecule has 8 nitrogen and oxygen atoms in total. The Kier molecular flexibility index (Phi) is 7.40. The topological polar surface area (TPSA) is 87.0 Å². The molecule has 9 heteroatoms. The molecule has 0 spiro atoms. The van der Waals surface area contributed by atoms with Crippen molar-refractivity contribution in [3.05, 3.63) is 63.5 Å². The molecule has 0 unspecified atom stereocenters. The SMILES string of the molecule is O=CCc1ccc(N2CCN(C(=O)c3cc([N+](=O)[O-])ccc3N3CCCCCC3)CC2)c(F)c1. The fourth-order valence-electron chi connectivity index (χ4n) is 4.75. The number of nitro benzene ring substituents is 1. The van der Waals surface area contributed by atoms with Gasteiger partial charge in [-0.3, -0.25) is 14.9 Å². The second kappa shape index (κ2) is 10.6. The van der Waals surface area contributed by atoms with Gasteiger partial charge >= 0.3 is 0 Å². The molecule has 0 N–H and O–H groups in total. The largest absolute Gasteiger partial charge is 0.371 e. The summed E-state index contributed by atoms with van der Waals surface area (Å²) in [5.74, 6) is -0.620. The molecule has 2 aromatic carbocycles. The van der Waals surface area contributed by atoms with Crippen LogP contribution in [0.4, 0.5) is 21.5 Å². The van der Waals surface area contributed by atoms with Crippen LogP contribution in [0.1, 0.15) is 41.6 Å². The Morgan fingerprint density at radius 3 is 2.18 bits per heavy atom. The zero-order chi connectivity index (χ0) is 24.1. The molecule has 2 aliphatic heterocycles. The number of carbonyl (C=O) groups is 2. The number of benzene rings is 2. The van der Waals surface area contributed by atoms with Crippen LogP contribution in [0.3, 0.4) is 0 Å². The van der Waals surface area contributed by atoms with E-state index in [9.17, 15) is 24.1 Å². The maximum absolute atomic E-state index is 14.6. The van der Waals surface area contributed by atoms with Crippen molar-refractivity contribution >= 4 is 29.3 Å². The van der Waals surface area contributed by atoms with Gasteiger partial charge in [0.2, 0.25) is 0 Å². The van der Waals surface area contributed by atoms with Crippen molar-refractivity contribution in [3.63, 3.8) is 0 Å². The molecule has 0 radical (unpaired) electrons. The molecule has 0 atom stereocenters. The summed E-state index contributed by atoms with van der Waals surface area (Å²) in [4.78, 5) is 40.8. The van der Waals surface area contributed by atoms with Crippen LogP contribution >= 0.6 is 0 Å². The number of amides is 1. The first-order chi connectivity index (χ1) is 16.5. The molecule has 180 valence electrons. The van der Waals surface area contributed by atoms with Crippen molar-refractivity contribution < 1.29 is 18.9 Å². The molecule has 1 amide bonds. The molecular weight excluding hydrogens is 439 g/mol. The standard InChI is InChI=1S/C25H29FN4O4/c26-22-17-19(9-16-31)5-7-24(22)28-12-14-29(15-13-28)25(32)21-18-20(30(33)34)6-8-23(21)27-10-3-1-2-4-11-27/h5-8,16-18H,1-4,9-15H2. The highest BCUT2D eigenvalue weighted by Crippen LogP contribution is 2.30. The number of nitro groups is 1. The first-order valence-electron chi connectivity index (χ1n) is 11.8. The summed E-state index contributed by atoms with van der Waals surface area (Å²) in [7, 11) is 0. The van der Waals surface area contributed by atoms with Crippen molar-refractivity contribution in [2.45, 2.75) is 32.1 Å².